The van der Waals surface area contributed by atoms with E-state index in [4.69, 9.17) is 9.72 Å². The molecule has 348 valence electrons. The van der Waals surface area contributed by atoms with Crippen LogP contribution in [-0.4, -0.2) is 20.8 Å². The summed E-state index contributed by atoms with van der Waals surface area (Å²) in [5.41, 5.74) is 13.0. The van der Waals surface area contributed by atoms with Crippen molar-refractivity contribution in [1.29, 1.82) is 0 Å². The fraction of sp³-hybridized carbons (Fsp3) is 0.0781. The van der Waals surface area contributed by atoms with Gasteiger partial charge in [-0.1, -0.05) is 136 Å². The summed E-state index contributed by atoms with van der Waals surface area (Å²) in [6, 6.07) is 70.8. The van der Waals surface area contributed by atoms with Crippen molar-refractivity contribution in [2.75, 3.05) is 16.5 Å². The van der Waals surface area contributed by atoms with Gasteiger partial charge in [-0.3, -0.25) is 4.57 Å². The molecular formula is C64H47F2N5O. The van der Waals surface area contributed by atoms with Crippen molar-refractivity contribution < 1.29 is 13.5 Å². The zero-order valence-corrected chi connectivity index (χ0v) is 39.9. The highest BCUT2D eigenvalue weighted by molar-refractivity contribution is 6.10. The largest absolute Gasteiger partial charge is 0.457 e. The molecule has 9 aromatic carbocycles. The fourth-order valence-electron chi connectivity index (χ4n) is 10.8. The highest BCUT2D eigenvalue weighted by atomic mass is 19.1. The third-order valence-corrected chi connectivity index (χ3v) is 14.1. The summed E-state index contributed by atoms with van der Waals surface area (Å²) in [6.07, 6.45) is 1.90. The van der Waals surface area contributed by atoms with Crippen molar-refractivity contribution in [2.45, 2.75) is 26.2 Å². The Hall–Kier alpha value is -9.01. The number of aromatic nitrogens is 3. The van der Waals surface area contributed by atoms with Gasteiger partial charge in [0.15, 0.2) is 0 Å². The molecule has 0 amide bonds. The number of benzene rings is 9. The Kier molecular flexibility index (Phi) is 10.1. The number of pyridine rings is 1. The molecule has 13 rings (SSSR count). The first-order chi connectivity index (χ1) is 35.1. The van der Waals surface area contributed by atoms with Gasteiger partial charge in [-0.15, -0.1) is 0 Å². The van der Waals surface area contributed by atoms with Gasteiger partial charge in [0.1, 0.15) is 35.6 Å². The Balaban J connectivity index is 0.999. The first-order valence-electron chi connectivity index (χ1n) is 24.3. The van der Waals surface area contributed by atoms with Crippen LogP contribution < -0.4 is 14.5 Å². The summed E-state index contributed by atoms with van der Waals surface area (Å²) in [5.74, 6) is 0.905. The van der Waals surface area contributed by atoms with E-state index in [2.05, 4.69) is 197 Å². The zero-order chi connectivity index (χ0) is 48.7. The van der Waals surface area contributed by atoms with E-state index >= 15 is 8.78 Å². The third kappa shape index (κ3) is 7.25. The molecule has 0 atom stereocenters. The van der Waals surface area contributed by atoms with Crippen molar-refractivity contribution >= 4 is 66.4 Å². The van der Waals surface area contributed by atoms with Crippen molar-refractivity contribution in [3.8, 4) is 45.3 Å². The first-order valence-corrected chi connectivity index (χ1v) is 24.3. The summed E-state index contributed by atoms with van der Waals surface area (Å²) in [7, 11) is 0. The molecular weight excluding hydrogens is 893 g/mol. The van der Waals surface area contributed by atoms with Crippen molar-refractivity contribution in [3.63, 3.8) is 0 Å². The molecule has 4 heterocycles. The number of fused-ring (bicyclic) bond motifs is 7. The monoisotopic (exact) mass is 939 g/mol. The van der Waals surface area contributed by atoms with E-state index in [0.29, 0.717) is 29.3 Å². The van der Waals surface area contributed by atoms with E-state index in [1.807, 2.05) is 42.6 Å². The summed E-state index contributed by atoms with van der Waals surface area (Å²) in [5, 5.41) is 4.54. The minimum atomic E-state index is -0.633. The molecule has 72 heavy (non-hydrogen) atoms. The van der Waals surface area contributed by atoms with Gasteiger partial charge in [-0.05, 0) is 94.9 Å². The lowest BCUT2D eigenvalue weighted by Gasteiger charge is -2.27. The highest BCUT2D eigenvalue weighted by Gasteiger charge is 2.32. The Morgan fingerprint density at radius 3 is 1.68 bits per heavy atom. The molecule has 12 aromatic rings. The van der Waals surface area contributed by atoms with Gasteiger partial charge in [0.25, 0.3) is 0 Å². The smallest absolute Gasteiger partial charge is 0.137 e. The van der Waals surface area contributed by atoms with Crippen LogP contribution in [0.1, 0.15) is 26.3 Å². The normalized spacial score (nSPS) is 12.7. The van der Waals surface area contributed by atoms with E-state index in [-0.39, 0.29) is 5.41 Å². The Morgan fingerprint density at radius 2 is 1.01 bits per heavy atom. The van der Waals surface area contributed by atoms with Gasteiger partial charge in [-0.2, -0.15) is 0 Å². The van der Waals surface area contributed by atoms with E-state index in [9.17, 15) is 0 Å². The van der Waals surface area contributed by atoms with Gasteiger partial charge < -0.3 is 19.1 Å². The Morgan fingerprint density at radius 1 is 0.444 bits per heavy atom. The molecule has 8 heteroatoms. The number of anilines is 4. The second-order valence-corrected chi connectivity index (χ2v) is 19.6. The van der Waals surface area contributed by atoms with Crippen LogP contribution in [0, 0.1) is 11.6 Å². The molecule has 0 saturated carbocycles. The van der Waals surface area contributed by atoms with Gasteiger partial charge in [0.05, 0.1) is 44.8 Å². The topological polar surface area (TPSA) is 38.5 Å². The summed E-state index contributed by atoms with van der Waals surface area (Å²) < 4.78 is 41.9. The van der Waals surface area contributed by atoms with Gasteiger partial charge in [0.2, 0.25) is 0 Å². The molecule has 0 radical (unpaired) electrons. The van der Waals surface area contributed by atoms with E-state index in [1.54, 1.807) is 0 Å². The van der Waals surface area contributed by atoms with Crippen molar-refractivity contribution in [1.82, 2.24) is 14.1 Å². The molecule has 3 aromatic heterocycles. The third-order valence-electron chi connectivity index (χ3n) is 14.1. The van der Waals surface area contributed by atoms with E-state index in [0.717, 1.165) is 95.1 Å². The summed E-state index contributed by atoms with van der Waals surface area (Å²) in [4.78, 5) is 9.49. The molecule has 0 unspecified atom stereocenters. The quantitative estimate of drug-likeness (QED) is 0.152. The minimum Gasteiger partial charge on any atom is -0.457 e. The molecule has 6 nitrogen and oxygen atoms in total. The van der Waals surface area contributed by atoms with Gasteiger partial charge in [0, 0.05) is 68.8 Å². The van der Waals surface area contributed by atoms with Crippen LogP contribution in [0.25, 0.3) is 77.4 Å². The van der Waals surface area contributed by atoms with Crippen LogP contribution in [0.15, 0.2) is 219 Å². The summed E-state index contributed by atoms with van der Waals surface area (Å²) in [6.45, 7) is 7.05. The lowest BCUT2D eigenvalue weighted by Crippen LogP contribution is -2.25. The average Bonchev–Trinajstić information content (AvgIpc) is 4.06. The van der Waals surface area contributed by atoms with Crippen LogP contribution in [0.2, 0.25) is 0 Å². The average molecular weight is 940 g/mol. The molecule has 0 N–H and O–H groups in total. The Bertz CT molecular complexity index is 4020. The van der Waals surface area contributed by atoms with Crippen LogP contribution >= 0.6 is 0 Å². The number of para-hydroxylation sites is 6. The number of halogens is 2. The number of rotatable bonds is 8. The van der Waals surface area contributed by atoms with Crippen LogP contribution in [0.3, 0.4) is 0 Å². The number of ether oxygens (including phenoxy) is 1. The predicted octanol–water partition coefficient (Wildman–Crippen LogP) is 17.2. The van der Waals surface area contributed by atoms with Crippen molar-refractivity contribution in [2.24, 2.45) is 0 Å². The molecule has 0 spiro atoms. The van der Waals surface area contributed by atoms with Crippen LogP contribution in [0.5, 0.6) is 11.5 Å². The number of hydrogen-bond acceptors (Lipinski definition) is 4. The SMILES string of the molecule is CC(C)(C)c1ccnc(-n2c3ccccc3c3ccc(Oc4cc(N5CN(c6c(-c7ccccc7)cccc6-c6cc(F)cc(F)c6)c6ccccc65)cc(-n5c6ccccc6c6ccccc65)c4)cc32)c1. The number of hydrogen-bond donors (Lipinski definition) is 0. The van der Waals surface area contributed by atoms with Crippen LogP contribution in [-0.2, 0) is 5.41 Å². The molecule has 1 aliphatic heterocycles. The summed E-state index contributed by atoms with van der Waals surface area (Å²) >= 11 is 0. The van der Waals surface area contributed by atoms with Crippen LogP contribution in [0.4, 0.5) is 31.5 Å². The lowest BCUT2D eigenvalue weighted by atomic mass is 9.88. The Labute approximate surface area is 415 Å². The minimum absolute atomic E-state index is 0.0645. The fourth-order valence-corrected chi connectivity index (χ4v) is 10.8. The second kappa shape index (κ2) is 16.8. The molecule has 0 fully saturated rings. The molecule has 0 aliphatic carbocycles. The van der Waals surface area contributed by atoms with E-state index < -0.39 is 11.6 Å². The number of nitrogens with zero attached hydrogens (tertiary/aromatic N) is 5. The zero-order valence-electron chi connectivity index (χ0n) is 39.9. The van der Waals surface area contributed by atoms with Gasteiger partial charge in [-0.25, -0.2) is 13.8 Å². The van der Waals surface area contributed by atoms with E-state index in [1.165, 1.54) is 17.7 Å². The maximum atomic E-state index is 15.1. The van der Waals surface area contributed by atoms with Gasteiger partial charge >= 0.3 is 0 Å². The molecule has 0 bridgehead atoms. The molecule has 0 saturated heterocycles. The maximum Gasteiger partial charge on any atom is 0.137 e. The highest BCUT2D eigenvalue weighted by Crippen LogP contribution is 2.51. The molecule has 1 aliphatic rings. The lowest BCUT2D eigenvalue weighted by molar-refractivity contribution is 0.483. The van der Waals surface area contributed by atoms with Crippen molar-refractivity contribution in [3.05, 3.63) is 236 Å². The predicted molar refractivity (Wildman–Crippen MR) is 291 cm³/mol. The maximum absolute atomic E-state index is 15.1. The standard InChI is InChI=1S/C64H47F2N5O/c1-64(2,3)43-30-31-67-62(34-43)71-58-25-12-9-20-54(58)55-29-28-48(39-61(55)71)72-49-37-46(36-47(38-49)70-56-23-10-7-18-52(56)53-19-8-11-24-57(53)70)68-40-69(60-27-14-13-26-59(60)68)63-50(41-16-5-4-6-17-41)21-15-22-51(63)42-32-44(65)35-45(66)33-42/h4-39H,40H2,1-3H3. The first kappa shape index (κ1) is 43.0. The second-order valence-electron chi connectivity index (χ2n) is 19.6.